The van der Waals surface area contributed by atoms with Crippen molar-refractivity contribution in [3.8, 4) is 0 Å². The summed E-state index contributed by atoms with van der Waals surface area (Å²) in [6.07, 6.45) is -2.22. The maximum atomic E-state index is 12.8. The molecule has 0 aromatic carbocycles. The summed E-state index contributed by atoms with van der Waals surface area (Å²) >= 11 is 0. The minimum absolute atomic E-state index is 0.198. The lowest BCUT2D eigenvalue weighted by Gasteiger charge is -2.21. The predicted molar refractivity (Wildman–Crippen MR) is 55.0 cm³/mol. The molecule has 0 saturated heterocycles. The molecule has 0 spiro atoms. The first kappa shape index (κ1) is 13.0. The highest BCUT2D eigenvalue weighted by molar-refractivity contribution is 5.21. The number of halogens is 3. The van der Waals surface area contributed by atoms with Gasteiger partial charge < -0.3 is 5.32 Å². The standard InChI is InChI=1S/C10H16F3N3/c1-4-5-14-9(10(11,12)13)8-6-16(3)15-7(8)2/h6,9,14H,4-5H2,1-3H3. The van der Waals surface area contributed by atoms with Crippen LogP contribution in [-0.4, -0.2) is 22.5 Å². The van der Waals surface area contributed by atoms with Gasteiger partial charge in [0.1, 0.15) is 6.04 Å². The van der Waals surface area contributed by atoms with Gasteiger partial charge in [0.25, 0.3) is 0 Å². The van der Waals surface area contributed by atoms with E-state index in [4.69, 9.17) is 0 Å². The zero-order valence-electron chi connectivity index (χ0n) is 9.60. The topological polar surface area (TPSA) is 29.9 Å². The van der Waals surface area contributed by atoms with E-state index >= 15 is 0 Å². The van der Waals surface area contributed by atoms with Gasteiger partial charge in [-0.1, -0.05) is 6.92 Å². The second-order valence-electron chi connectivity index (χ2n) is 3.77. The van der Waals surface area contributed by atoms with E-state index in [-0.39, 0.29) is 5.56 Å². The molecule has 0 aliphatic rings. The van der Waals surface area contributed by atoms with E-state index < -0.39 is 12.2 Å². The Morgan fingerprint density at radius 3 is 2.50 bits per heavy atom. The third-order valence-corrected chi connectivity index (χ3v) is 2.29. The molecule has 3 nitrogen and oxygen atoms in total. The molecule has 0 amide bonds. The molecular weight excluding hydrogens is 219 g/mol. The normalized spacial score (nSPS) is 14.1. The maximum absolute atomic E-state index is 12.8. The van der Waals surface area contributed by atoms with Crippen molar-refractivity contribution in [1.82, 2.24) is 15.1 Å². The largest absolute Gasteiger partial charge is 0.408 e. The molecule has 1 N–H and O–H groups in total. The lowest BCUT2D eigenvalue weighted by molar-refractivity contribution is -0.157. The second-order valence-corrected chi connectivity index (χ2v) is 3.77. The summed E-state index contributed by atoms with van der Waals surface area (Å²) in [7, 11) is 1.61. The van der Waals surface area contributed by atoms with E-state index in [9.17, 15) is 13.2 Å². The van der Waals surface area contributed by atoms with Gasteiger partial charge in [-0.2, -0.15) is 18.3 Å². The average molecular weight is 235 g/mol. The third-order valence-electron chi connectivity index (χ3n) is 2.29. The fraction of sp³-hybridized carbons (Fsp3) is 0.700. The lowest BCUT2D eigenvalue weighted by Crippen LogP contribution is -2.34. The molecule has 1 rings (SSSR count). The Morgan fingerprint density at radius 2 is 2.12 bits per heavy atom. The summed E-state index contributed by atoms with van der Waals surface area (Å²) < 4.78 is 39.9. The van der Waals surface area contributed by atoms with Crippen molar-refractivity contribution >= 4 is 0 Å². The summed E-state index contributed by atoms with van der Waals surface area (Å²) in [6, 6.07) is -1.62. The summed E-state index contributed by atoms with van der Waals surface area (Å²) in [5, 5.41) is 6.43. The van der Waals surface area contributed by atoms with E-state index in [1.807, 2.05) is 6.92 Å². The van der Waals surface area contributed by atoms with E-state index in [1.165, 1.54) is 10.9 Å². The van der Waals surface area contributed by atoms with Gasteiger partial charge in [0.15, 0.2) is 0 Å². The summed E-state index contributed by atoms with van der Waals surface area (Å²) in [4.78, 5) is 0. The van der Waals surface area contributed by atoms with Crippen LogP contribution in [0.3, 0.4) is 0 Å². The zero-order chi connectivity index (χ0) is 12.3. The highest BCUT2D eigenvalue weighted by Gasteiger charge is 2.41. The molecule has 0 radical (unpaired) electrons. The van der Waals surface area contributed by atoms with Crippen molar-refractivity contribution in [3.05, 3.63) is 17.5 Å². The lowest BCUT2D eigenvalue weighted by atomic mass is 10.1. The first-order chi connectivity index (χ1) is 7.36. The Kier molecular flexibility index (Phi) is 3.96. The van der Waals surface area contributed by atoms with Crippen LogP contribution in [0.4, 0.5) is 13.2 Å². The molecule has 0 saturated carbocycles. The van der Waals surface area contributed by atoms with Gasteiger partial charge in [0, 0.05) is 18.8 Å². The molecule has 1 atom stereocenters. The summed E-state index contributed by atoms with van der Waals surface area (Å²) in [6.45, 7) is 3.75. The minimum Gasteiger partial charge on any atom is -0.302 e. The number of rotatable bonds is 4. The molecule has 0 aliphatic heterocycles. The highest BCUT2D eigenvalue weighted by atomic mass is 19.4. The monoisotopic (exact) mass is 235 g/mol. The second kappa shape index (κ2) is 4.86. The number of nitrogens with zero attached hydrogens (tertiary/aromatic N) is 2. The van der Waals surface area contributed by atoms with Crippen LogP contribution in [0.25, 0.3) is 0 Å². The van der Waals surface area contributed by atoms with Gasteiger partial charge in [0.2, 0.25) is 0 Å². The Bertz CT molecular complexity index is 344. The van der Waals surface area contributed by atoms with E-state index in [0.717, 1.165) is 0 Å². The quantitative estimate of drug-likeness (QED) is 0.868. The predicted octanol–water partition coefficient (Wildman–Crippen LogP) is 2.33. The Morgan fingerprint density at radius 1 is 1.50 bits per heavy atom. The van der Waals surface area contributed by atoms with Gasteiger partial charge >= 0.3 is 6.18 Å². The Hall–Kier alpha value is -1.04. The van der Waals surface area contributed by atoms with Crippen molar-refractivity contribution in [2.75, 3.05) is 6.54 Å². The first-order valence-electron chi connectivity index (χ1n) is 5.16. The maximum Gasteiger partial charge on any atom is 0.408 e. The van der Waals surface area contributed by atoms with Crippen molar-refractivity contribution in [1.29, 1.82) is 0 Å². The average Bonchev–Trinajstić information content (AvgIpc) is 2.44. The number of aryl methyl sites for hydroxylation is 2. The van der Waals surface area contributed by atoms with E-state index in [2.05, 4.69) is 10.4 Å². The molecule has 1 aromatic rings. The van der Waals surface area contributed by atoms with E-state index in [1.54, 1.807) is 14.0 Å². The molecule has 1 aromatic heterocycles. The third kappa shape index (κ3) is 2.98. The van der Waals surface area contributed by atoms with Crippen LogP contribution in [0.2, 0.25) is 0 Å². The minimum atomic E-state index is -4.29. The molecule has 1 heterocycles. The van der Waals surface area contributed by atoms with Crippen LogP contribution in [-0.2, 0) is 7.05 Å². The highest BCUT2D eigenvalue weighted by Crippen LogP contribution is 2.33. The number of alkyl halides is 3. The molecule has 0 aliphatic carbocycles. The van der Waals surface area contributed by atoms with Crippen LogP contribution in [0.5, 0.6) is 0 Å². The van der Waals surface area contributed by atoms with Gasteiger partial charge in [-0.15, -0.1) is 0 Å². The number of hydrogen-bond acceptors (Lipinski definition) is 2. The van der Waals surface area contributed by atoms with Crippen LogP contribution < -0.4 is 5.32 Å². The van der Waals surface area contributed by atoms with Gasteiger partial charge in [-0.25, -0.2) is 0 Å². The van der Waals surface area contributed by atoms with Gasteiger partial charge in [-0.3, -0.25) is 4.68 Å². The van der Waals surface area contributed by atoms with Gasteiger partial charge in [-0.05, 0) is 19.9 Å². The van der Waals surface area contributed by atoms with Crippen molar-refractivity contribution < 1.29 is 13.2 Å². The fourth-order valence-electron chi connectivity index (χ4n) is 1.59. The summed E-state index contributed by atoms with van der Waals surface area (Å²) in [5.41, 5.74) is 0.608. The molecule has 92 valence electrons. The van der Waals surface area contributed by atoms with Gasteiger partial charge in [0.05, 0.1) is 5.69 Å². The van der Waals surface area contributed by atoms with Crippen LogP contribution in [0, 0.1) is 6.92 Å². The van der Waals surface area contributed by atoms with Crippen molar-refractivity contribution in [3.63, 3.8) is 0 Å². The van der Waals surface area contributed by atoms with Crippen LogP contribution in [0.15, 0.2) is 6.20 Å². The van der Waals surface area contributed by atoms with E-state index in [0.29, 0.717) is 18.7 Å². The molecule has 6 heteroatoms. The smallest absolute Gasteiger partial charge is 0.302 e. The Labute approximate surface area is 92.6 Å². The first-order valence-corrected chi connectivity index (χ1v) is 5.16. The molecule has 0 fully saturated rings. The van der Waals surface area contributed by atoms with Crippen LogP contribution >= 0.6 is 0 Å². The molecular formula is C10H16F3N3. The Balaban J connectivity index is 2.96. The summed E-state index contributed by atoms with van der Waals surface area (Å²) in [5.74, 6) is 0. The fourth-order valence-corrected chi connectivity index (χ4v) is 1.59. The van der Waals surface area contributed by atoms with Crippen LogP contribution in [0.1, 0.15) is 30.6 Å². The number of aromatic nitrogens is 2. The number of nitrogens with one attached hydrogen (secondary N) is 1. The molecule has 0 bridgehead atoms. The zero-order valence-corrected chi connectivity index (χ0v) is 9.60. The van der Waals surface area contributed by atoms with Crippen molar-refractivity contribution in [2.45, 2.75) is 32.5 Å². The number of hydrogen-bond donors (Lipinski definition) is 1. The molecule has 16 heavy (non-hydrogen) atoms. The molecule has 1 unspecified atom stereocenters. The SMILES string of the molecule is CCCNC(c1cn(C)nc1C)C(F)(F)F. The van der Waals surface area contributed by atoms with Crippen molar-refractivity contribution in [2.24, 2.45) is 7.05 Å².